The molecule has 9 heteroatoms. The summed E-state index contributed by atoms with van der Waals surface area (Å²) in [6, 6.07) is 19.0. The van der Waals surface area contributed by atoms with E-state index in [1.54, 1.807) is 24.3 Å². The van der Waals surface area contributed by atoms with E-state index >= 15 is 0 Å². The minimum atomic E-state index is -0.558. The van der Waals surface area contributed by atoms with Crippen LogP contribution in [0.3, 0.4) is 0 Å². The molecule has 0 fully saturated rings. The van der Waals surface area contributed by atoms with Gasteiger partial charge in [0, 0.05) is 0 Å². The number of amides is 1. The molecule has 0 saturated carbocycles. The van der Waals surface area contributed by atoms with Crippen LogP contribution in [0.25, 0.3) is 0 Å². The van der Waals surface area contributed by atoms with Crippen LogP contribution in [-0.4, -0.2) is 23.8 Å². The van der Waals surface area contributed by atoms with Crippen LogP contribution in [0.4, 0.5) is 5.69 Å². The molecule has 0 aliphatic carbocycles. The maximum atomic E-state index is 12.6. The quantitative estimate of drug-likeness (QED) is 0.355. The highest BCUT2D eigenvalue weighted by Crippen LogP contribution is 2.37. The van der Waals surface area contributed by atoms with Crippen LogP contribution in [0.5, 0.6) is 17.2 Å². The van der Waals surface area contributed by atoms with E-state index in [1.165, 1.54) is 18.3 Å². The third-order valence-corrected chi connectivity index (χ3v) is 4.46. The van der Waals surface area contributed by atoms with Gasteiger partial charge in [0.15, 0.2) is 11.5 Å². The Morgan fingerprint density at radius 1 is 1.10 bits per heavy atom. The molecule has 3 aromatic rings. The summed E-state index contributed by atoms with van der Waals surface area (Å²) < 4.78 is 16.2. The summed E-state index contributed by atoms with van der Waals surface area (Å²) in [5, 5.41) is 15.2. The fourth-order valence-electron chi connectivity index (χ4n) is 2.94. The Balaban J connectivity index is 1.47. The number of nitrogens with one attached hydrogen (secondary N) is 1. The van der Waals surface area contributed by atoms with Crippen LogP contribution in [0.15, 0.2) is 71.8 Å². The Hall–Kier alpha value is -4.40. The molecule has 0 radical (unpaired) electrons. The van der Waals surface area contributed by atoms with Gasteiger partial charge in [-0.3, -0.25) is 14.9 Å². The average Bonchev–Trinajstić information content (AvgIpc) is 3.25. The monoisotopic (exact) mass is 419 g/mol. The first kappa shape index (κ1) is 19.9. The number of ether oxygens (including phenoxy) is 3. The molecule has 0 unspecified atom stereocenters. The number of nitro benzene ring substituents is 1. The topological polar surface area (TPSA) is 112 Å². The van der Waals surface area contributed by atoms with Crippen LogP contribution in [-0.2, 0) is 6.61 Å². The smallest absolute Gasteiger partial charge is 0.282 e. The second-order valence-electron chi connectivity index (χ2n) is 6.49. The molecule has 1 aliphatic rings. The molecule has 1 amide bonds. The lowest BCUT2D eigenvalue weighted by Crippen LogP contribution is -2.18. The van der Waals surface area contributed by atoms with Crippen molar-refractivity contribution in [2.75, 3.05) is 6.79 Å². The normalized spacial score (nSPS) is 12.0. The fourth-order valence-corrected chi connectivity index (χ4v) is 2.94. The van der Waals surface area contributed by atoms with Gasteiger partial charge in [0.25, 0.3) is 11.6 Å². The third-order valence-electron chi connectivity index (χ3n) is 4.46. The van der Waals surface area contributed by atoms with Crippen LogP contribution in [0.1, 0.15) is 21.5 Å². The molecule has 0 atom stereocenters. The van der Waals surface area contributed by atoms with Gasteiger partial charge < -0.3 is 14.2 Å². The van der Waals surface area contributed by atoms with E-state index in [4.69, 9.17) is 14.2 Å². The van der Waals surface area contributed by atoms with Gasteiger partial charge >= 0.3 is 0 Å². The Bertz CT molecular complexity index is 1150. The first-order chi connectivity index (χ1) is 15.1. The highest BCUT2D eigenvalue weighted by atomic mass is 16.7. The maximum Gasteiger partial charge on any atom is 0.282 e. The Morgan fingerprint density at radius 3 is 2.58 bits per heavy atom. The van der Waals surface area contributed by atoms with E-state index in [1.807, 2.05) is 30.3 Å². The van der Waals surface area contributed by atoms with E-state index in [0.29, 0.717) is 18.1 Å². The molecule has 1 N–H and O–H groups in total. The zero-order valence-corrected chi connectivity index (χ0v) is 16.2. The van der Waals surface area contributed by atoms with Gasteiger partial charge in [-0.1, -0.05) is 42.5 Å². The van der Waals surface area contributed by atoms with Gasteiger partial charge in [-0.15, -0.1) is 0 Å². The first-order valence-electron chi connectivity index (χ1n) is 9.29. The van der Waals surface area contributed by atoms with Crippen LogP contribution in [0.2, 0.25) is 0 Å². The number of rotatable bonds is 7. The lowest BCUT2D eigenvalue weighted by molar-refractivity contribution is -0.385. The number of hydrogen-bond donors (Lipinski definition) is 1. The number of nitro groups is 1. The number of para-hydroxylation sites is 1. The first-order valence-corrected chi connectivity index (χ1v) is 9.29. The Kier molecular flexibility index (Phi) is 5.75. The van der Waals surface area contributed by atoms with E-state index in [9.17, 15) is 14.9 Å². The van der Waals surface area contributed by atoms with Crippen molar-refractivity contribution < 1.29 is 23.9 Å². The Morgan fingerprint density at radius 2 is 1.81 bits per heavy atom. The summed E-state index contributed by atoms with van der Waals surface area (Å²) in [7, 11) is 0. The number of fused-ring (bicyclic) bond motifs is 1. The molecule has 156 valence electrons. The van der Waals surface area contributed by atoms with Gasteiger partial charge in [0.05, 0.1) is 28.3 Å². The highest BCUT2D eigenvalue weighted by molar-refractivity contribution is 5.97. The second kappa shape index (κ2) is 8.95. The van der Waals surface area contributed by atoms with Crippen LogP contribution in [0, 0.1) is 10.1 Å². The molecule has 4 rings (SSSR count). The predicted octanol–water partition coefficient (Wildman–Crippen LogP) is 3.67. The minimum absolute atomic E-state index is 0.0103. The molecule has 31 heavy (non-hydrogen) atoms. The van der Waals surface area contributed by atoms with Gasteiger partial charge in [0.2, 0.25) is 6.79 Å². The van der Waals surface area contributed by atoms with Crippen molar-refractivity contribution in [3.8, 4) is 17.2 Å². The number of hydrazone groups is 1. The average molecular weight is 419 g/mol. The molecule has 0 bridgehead atoms. The minimum Gasteiger partial charge on any atom is -0.488 e. The number of benzene rings is 3. The molecular formula is C22H17N3O6. The van der Waals surface area contributed by atoms with Gasteiger partial charge in [-0.25, -0.2) is 5.43 Å². The number of carbonyl (C=O) groups excluding carboxylic acids is 1. The van der Waals surface area contributed by atoms with Crippen LogP contribution < -0.4 is 19.6 Å². The molecular weight excluding hydrogens is 402 g/mol. The molecule has 0 spiro atoms. The summed E-state index contributed by atoms with van der Waals surface area (Å²) >= 11 is 0. The summed E-state index contributed by atoms with van der Waals surface area (Å²) in [5.74, 6) is 0.548. The third kappa shape index (κ3) is 4.61. The molecule has 1 heterocycles. The van der Waals surface area contributed by atoms with Gasteiger partial charge in [0.1, 0.15) is 12.4 Å². The van der Waals surface area contributed by atoms with Crippen molar-refractivity contribution in [1.29, 1.82) is 0 Å². The second-order valence-corrected chi connectivity index (χ2v) is 6.49. The molecule has 0 saturated heterocycles. The molecule has 0 aromatic heterocycles. The van der Waals surface area contributed by atoms with Crippen molar-refractivity contribution >= 4 is 17.8 Å². The largest absolute Gasteiger partial charge is 0.488 e. The van der Waals surface area contributed by atoms with Crippen molar-refractivity contribution in [3.63, 3.8) is 0 Å². The lowest BCUT2D eigenvalue weighted by atomic mass is 10.1. The van der Waals surface area contributed by atoms with E-state index in [0.717, 1.165) is 5.56 Å². The van der Waals surface area contributed by atoms with E-state index in [2.05, 4.69) is 10.5 Å². The van der Waals surface area contributed by atoms with Crippen molar-refractivity contribution in [3.05, 3.63) is 93.5 Å². The number of hydrogen-bond acceptors (Lipinski definition) is 7. The van der Waals surface area contributed by atoms with Crippen molar-refractivity contribution in [1.82, 2.24) is 5.43 Å². The fraction of sp³-hybridized carbons (Fsp3) is 0.0909. The lowest BCUT2D eigenvalue weighted by Gasteiger charge is -2.10. The summed E-state index contributed by atoms with van der Waals surface area (Å²) in [4.78, 5) is 23.3. The maximum absolute atomic E-state index is 12.6. The van der Waals surface area contributed by atoms with E-state index in [-0.39, 0.29) is 29.4 Å². The number of nitrogens with zero attached hydrogens (tertiary/aromatic N) is 2. The predicted molar refractivity (Wildman–Crippen MR) is 111 cm³/mol. The highest BCUT2D eigenvalue weighted by Gasteiger charge is 2.22. The zero-order valence-electron chi connectivity index (χ0n) is 16.2. The van der Waals surface area contributed by atoms with Crippen LogP contribution >= 0.6 is 0 Å². The zero-order chi connectivity index (χ0) is 21.6. The SMILES string of the molecule is O=C(N/N=C/c1cc2c(cc1[N+](=O)[O-])OCO2)c1ccccc1OCc1ccccc1. The molecule has 9 nitrogen and oxygen atoms in total. The summed E-state index contributed by atoms with van der Waals surface area (Å²) in [6.07, 6.45) is 1.19. The van der Waals surface area contributed by atoms with Crippen molar-refractivity contribution in [2.45, 2.75) is 6.61 Å². The Labute approximate surface area is 177 Å². The van der Waals surface area contributed by atoms with Crippen molar-refractivity contribution in [2.24, 2.45) is 5.10 Å². The van der Waals surface area contributed by atoms with Gasteiger partial charge in [-0.2, -0.15) is 5.10 Å². The number of carbonyl (C=O) groups is 1. The molecule has 1 aliphatic heterocycles. The molecule has 3 aromatic carbocycles. The summed E-state index contributed by atoms with van der Waals surface area (Å²) in [5.41, 5.74) is 3.58. The van der Waals surface area contributed by atoms with E-state index < -0.39 is 10.8 Å². The summed E-state index contributed by atoms with van der Waals surface area (Å²) in [6.45, 7) is 0.293. The standard InChI is InChI=1S/C22H17N3O6/c26-22(17-8-4-5-9-19(17)29-13-15-6-2-1-3-7-15)24-23-12-16-10-20-21(31-14-30-20)11-18(16)25(27)28/h1-12H,13-14H2,(H,24,26)/b23-12+. The van der Waals surface area contributed by atoms with Gasteiger partial charge in [-0.05, 0) is 23.8 Å².